The second-order valence-corrected chi connectivity index (χ2v) is 6.33. The fraction of sp³-hybridized carbons (Fsp3) is 0.923. The lowest BCUT2D eigenvalue weighted by atomic mass is 9.87. The molecule has 2 N–H and O–H groups in total. The largest absolute Gasteiger partial charge is 0.396 e. The SMILES string of the molecule is CC1(C)CC1C(=O)NCC1(CO)CCCC1. The van der Waals surface area contributed by atoms with Crippen molar-refractivity contribution in [2.75, 3.05) is 13.2 Å². The molecule has 0 aromatic rings. The fourth-order valence-electron chi connectivity index (χ4n) is 2.83. The molecule has 92 valence electrons. The van der Waals surface area contributed by atoms with Crippen molar-refractivity contribution in [2.45, 2.75) is 46.0 Å². The third-order valence-corrected chi connectivity index (χ3v) is 4.47. The number of nitrogens with one attached hydrogen (secondary N) is 1. The van der Waals surface area contributed by atoms with Crippen LogP contribution in [0, 0.1) is 16.7 Å². The highest BCUT2D eigenvalue weighted by molar-refractivity contribution is 5.82. The Morgan fingerprint density at radius 1 is 1.38 bits per heavy atom. The third kappa shape index (κ3) is 2.24. The van der Waals surface area contributed by atoms with E-state index >= 15 is 0 Å². The van der Waals surface area contributed by atoms with Crippen LogP contribution in [0.3, 0.4) is 0 Å². The molecule has 0 aromatic carbocycles. The maximum atomic E-state index is 11.8. The van der Waals surface area contributed by atoms with Gasteiger partial charge in [0.15, 0.2) is 0 Å². The molecule has 0 aromatic heterocycles. The Kier molecular flexibility index (Phi) is 2.99. The molecular formula is C13H23NO2. The van der Waals surface area contributed by atoms with Crippen molar-refractivity contribution in [1.82, 2.24) is 5.32 Å². The molecule has 0 bridgehead atoms. The molecule has 16 heavy (non-hydrogen) atoms. The molecule has 2 aliphatic rings. The monoisotopic (exact) mass is 225 g/mol. The summed E-state index contributed by atoms with van der Waals surface area (Å²) < 4.78 is 0. The zero-order chi connectivity index (χ0) is 11.8. The summed E-state index contributed by atoms with van der Waals surface area (Å²) in [5.41, 5.74) is 0.181. The van der Waals surface area contributed by atoms with Gasteiger partial charge in [0, 0.05) is 17.9 Å². The summed E-state index contributed by atoms with van der Waals surface area (Å²) in [6.07, 6.45) is 5.48. The van der Waals surface area contributed by atoms with E-state index in [9.17, 15) is 9.90 Å². The molecule has 1 amide bonds. The maximum Gasteiger partial charge on any atom is 0.223 e. The molecule has 1 atom stereocenters. The van der Waals surface area contributed by atoms with E-state index in [2.05, 4.69) is 19.2 Å². The van der Waals surface area contributed by atoms with Crippen LogP contribution in [0.15, 0.2) is 0 Å². The van der Waals surface area contributed by atoms with Crippen LogP contribution in [-0.2, 0) is 4.79 Å². The van der Waals surface area contributed by atoms with Crippen LogP contribution in [0.5, 0.6) is 0 Å². The van der Waals surface area contributed by atoms with Gasteiger partial charge in [-0.1, -0.05) is 26.7 Å². The molecule has 0 spiro atoms. The van der Waals surface area contributed by atoms with E-state index < -0.39 is 0 Å². The molecule has 3 heteroatoms. The van der Waals surface area contributed by atoms with Crippen molar-refractivity contribution in [1.29, 1.82) is 0 Å². The quantitative estimate of drug-likeness (QED) is 0.765. The first-order chi connectivity index (χ1) is 7.49. The predicted octanol–water partition coefficient (Wildman–Crippen LogP) is 1.70. The Morgan fingerprint density at radius 3 is 2.38 bits per heavy atom. The number of carbonyl (C=O) groups excluding carboxylic acids is 1. The molecule has 0 heterocycles. The van der Waals surface area contributed by atoms with Gasteiger partial charge in [0.05, 0.1) is 6.61 Å². The van der Waals surface area contributed by atoms with Gasteiger partial charge >= 0.3 is 0 Å². The van der Waals surface area contributed by atoms with Gasteiger partial charge in [-0.2, -0.15) is 0 Å². The smallest absolute Gasteiger partial charge is 0.223 e. The molecule has 3 nitrogen and oxygen atoms in total. The van der Waals surface area contributed by atoms with Gasteiger partial charge in [-0.3, -0.25) is 4.79 Å². The zero-order valence-electron chi connectivity index (χ0n) is 10.4. The average molecular weight is 225 g/mol. The van der Waals surface area contributed by atoms with Crippen molar-refractivity contribution in [3.05, 3.63) is 0 Å². The minimum absolute atomic E-state index is 0.0192. The second kappa shape index (κ2) is 4.02. The number of aliphatic hydroxyl groups excluding tert-OH is 1. The van der Waals surface area contributed by atoms with Crippen LogP contribution >= 0.6 is 0 Å². The van der Waals surface area contributed by atoms with Gasteiger partial charge < -0.3 is 10.4 Å². The van der Waals surface area contributed by atoms with E-state index in [1.165, 1.54) is 12.8 Å². The van der Waals surface area contributed by atoms with Crippen LogP contribution in [0.25, 0.3) is 0 Å². The van der Waals surface area contributed by atoms with Crippen molar-refractivity contribution in [2.24, 2.45) is 16.7 Å². The van der Waals surface area contributed by atoms with Gasteiger partial charge in [-0.25, -0.2) is 0 Å². The van der Waals surface area contributed by atoms with Crippen LogP contribution in [0.1, 0.15) is 46.0 Å². The van der Waals surface area contributed by atoms with Gasteiger partial charge in [0.1, 0.15) is 0 Å². The van der Waals surface area contributed by atoms with Gasteiger partial charge in [0.2, 0.25) is 5.91 Å². The first kappa shape index (κ1) is 11.9. The van der Waals surface area contributed by atoms with Crippen LogP contribution < -0.4 is 5.32 Å². The minimum Gasteiger partial charge on any atom is -0.396 e. The highest BCUT2D eigenvalue weighted by Crippen LogP contribution is 2.51. The Hall–Kier alpha value is -0.570. The fourth-order valence-corrected chi connectivity index (χ4v) is 2.83. The lowest BCUT2D eigenvalue weighted by molar-refractivity contribution is -0.123. The van der Waals surface area contributed by atoms with Gasteiger partial charge in [0.25, 0.3) is 0 Å². The first-order valence-corrected chi connectivity index (χ1v) is 6.38. The van der Waals surface area contributed by atoms with Crippen molar-refractivity contribution >= 4 is 5.91 Å². The summed E-state index contributed by atoms with van der Waals surface area (Å²) in [4.78, 5) is 11.8. The summed E-state index contributed by atoms with van der Waals surface area (Å²) >= 11 is 0. The third-order valence-electron chi connectivity index (χ3n) is 4.47. The number of carbonyl (C=O) groups is 1. The van der Waals surface area contributed by atoms with E-state index in [-0.39, 0.29) is 29.3 Å². The summed E-state index contributed by atoms with van der Waals surface area (Å²) in [6.45, 7) is 5.14. The van der Waals surface area contributed by atoms with Crippen LogP contribution in [-0.4, -0.2) is 24.2 Å². The lowest BCUT2D eigenvalue weighted by Crippen LogP contribution is -2.39. The summed E-state index contributed by atoms with van der Waals surface area (Å²) in [5, 5.41) is 12.5. The molecule has 2 saturated carbocycles. The summed E-state index contributed by atoms with van der Waals surface area (Å²) in [6, 6.07) is 0. The lowest BCUT2D eigenvalue weighted by Gasteiger charge is -2.26. The van der Waals surface area contributed by atoms with Crippen molar-refractivity contribution in [3.8, 4) is 0 Å². The number of rotatable bonds is 4. The number of aliphatic hydroxyl groups is 1. The predicted molar refractivity (Wildman–Crippen MR) is 62.9 cm³/mol. The number of amides is 1. The Labute approximate surface area is 97.6 Å². The Balaban J connectivity index is 1.80. The Bertz CT molecular complexity index is 280. The molecule has 1 unspecified atom stereocenters. The standard InChI is InChI=1S/C13H23NO2/c1-12(2)7-10(12)11(16)14-8-13(9-15)5-3-4-6-13/h10,15H,3-9H2,1-2H3,(H,14,16). The van der Waals surface area contributed by atoms with Gasteiger partial charge in [-0.05, 0) is 24.7 Å². The summed E-state index contributed by atoms with van der Waals surface area (Å²) in [5.74, 6) is 0.384. The van der Waals surface area contributed by atoms with E-state index in [4.69, 9.17) is 0 Å². The molecule has 2 fully saturated rings. The van der Waals surface area contributed by atoms with E-state index in [0.717, 1.165) is 19.3 Å². The highest BCUT2D eigenvalue weighted by Gasteiger charge is 2.50. The van der Waals surface area contributed by atoms with Crippen LogP contribution in [0.4, 0.5) is 0 Å². The Morgan fingerprint density at radius 2 is 1.94 bits per heavy atom. The molecule has 0 saturated heterocycles. The molecular weight excluding hydrogens is 202 g/mol. The average Bonchev–Trinajstić information content (AvgIpc) is 2.71. The van der Waals surface area contributed by atoms with Gasteiger partial charge in [-0.15, -0.1) is 0 Å². The topological polar surface area (TPSA) is 49.3 Å². The van der Waals surface area contributed by atoms with Crippen molar-refractivity contribution < 1.29 is 9.90 Å². The zero-order valence-corrected chi connectivity index (χ0v) is 10.4. The number of hydrogen-bond donors (Lipinski definition) is 2. The molecule has 0 aliphatic heterocycles. The molecule has 2 aliphatic carbocycles. The summed E-state index contributed by atoms with van der Waals surface area (Å²) in [7, 11) is 0. The molecule has 0 radical (unpaired) electrons. The molecule has 2 rings (SSSR count). The van der Waals surface area contributed by atoms with E-state index in [0.29, 0.717) is 6.54 Å². The van der Waals surface area contributed by atoms with Crippen molar-refractivity contribution in [3.63, 3.8) is 0 Å². The maximum absolute atomic E-state index is 11.8. The van der Waals surface area contributed by atoms with Crippen LogP contribution in [0.2, 0.25) is 0 Å². The number of hydrogen-bond acceptors (Lipinski definition) is 2. The normalized spacial score (nSPS) is 30.1. The van der Waals surface area contributed by atoms with E-state index in [1.54, 1.807) is 0 Å². The first-order valence-electron chi connectivity index (χ1n) is 6.38. The minimum atomic E-state index is -0.0192. The van der Waals surface area contributed by atoms with E-state index in [1.807, 2.05) is 0 Å². The second-order valence-electron chi connectivity index (χ2n) is 6.33. The highest BCUT2D eigenvalue weighted by atomic mass is 16.3.